The Morgan fingerprint density at radius 2 is 2.50 bits per heavy atom. The number of hydrogen-bond donors (Lipinski definition) is 1. The topological polar surface area (TPSA) is 45.8 Å². The molecule has 1 rings (SSSR count). The number of nitrogens with one attached hydrogen (secondary N) is 1. The van der Waals surface area contributed by atoms with Crippen LogP contribution in [0.1, 0.15) is 29.4 Å². The van der Waals surface area contributed by atoms with Crippen molar-refractivity contribution in [3.8, 4) is 0 Å². The maximum Gasteiger partial charge on any atom is 0.180 e. The number of hydrogen-bond acceptors (Lipinski definition) is 2. The molecule has 10 heavy (non-hydrogen) atoms. The van der Waals surface area contributed by atoms with E-state index in [1.165, 1.54) is 0 Å². The van der Waals surface area contributed by atoms with E-state index in [0.717, 1.165) is 5.56 Å². The Hall–Kier alpha value is -1.12. The summed E-state index contributed by atoms with van der Waals surface area (Å²) >= 11 is 0. The highest BCUT2D eigenvalue weighted by Crippen LogP contribution is 2.04. The monoisotopic (exact) mass is 138 g/mol. The van der Waals surface area contributed by atoms with E-state index in [-0.39, 0.29) is 5.78 Å². The minimum absolute atomic E-state index is 0.120. The normalized spacial score (nSPS) is 9.80. The lowest BCUT2D eigenvalue weighted by Gasteiger charge is -1.91. The van der Waals surface area contributed by atoms with Gasteiger partial charge >= 0.3 is 0 Å². The molecule has 0 saturated carbocycles. The third-order valence-electron chi connectivity index (χ3n) is 1.43. The average molecular weight is 138 g/mol. The summed E-state index contributed by atoms with van der Waals surface area (Å²) < 4.78 is 0. The standard InChI is InChI=1S/C7H10N2O/c1-3-6(10)7-5(2)4-8-9-7/h4H,3H2,1-2H3,(H,8,9). The lowest BCUT2D eigenvalue weighted by atomic mass is 10.2. The third-order valence-corrected chi connectivity index (χ3v) is 1.43. The van der Waals surface area contributed by atoms with Gasteiger partial charge in [-0.2, -0.15) is 5.10 Å². The van der Waals surface area contributed by atoms with E-state index < -0.39 is 0 Å². The second kappa shape index (κ2) is 2.64. The van der Waals surface area contributed by atoms with Crippen molar-refractivity contribution in [1.29, 1.82) is 0 Å². The highest BCUT2D eigenvalue weighted by atomic mass is 16.1. The van der Waals surface area contributed by atoms with Crippen molar-refractivity contribution < 1.29 is 4.79 Å². The number of aromatic amines is 1. The molecule has 0 aliphatic heterocycles. The van der Waals surface area contributed by atoms with E-state index in [0.29, 0.717) is 12.1 Å². The molecule has 54 valence electrons. The van der Waals surface area contributed by atoms with E-state index in [4.69, 9.17) is 0 Å². The Morgan fingerprint density at radius 1 is 1.80 bits per heavy atom. The number of aryl methyl sites for hydroxylation is 1. The van der Waals surface area contributed by atoms with E-state index >= 15 is 0 Å². The van der Waals surface area contributed by atoms with E-state index in [1.807, 2.05) is 13.8 Å². The average Bonchev–Trinajstić information content (AvgIpc) is 2.34. The molecular formula is C7H10N2O. The van der Waals surface area contributed by atoms with Crippen LogP contribution in [0, 0.1) is 6.92 Å². The molecule has 0 unspecified atom stereocenters. The van der Waals surface area contributed by atoms with Gasteiger partial charge in [-0.25, -0.2) is 0 Å². The largest absolute Gasteiger partial charge is 0.292 e. The summed E-state index contributed by atoms with van der Waals surface area (Å²) in [6.45, 7) is 3.70. The zero-order valence-corrected chi connectivity index (χ0v) is 6.14. The van der Waals surface area contributed by atoms with Gasteiger partial charge < -0.3 is 0 Å². The van der Waals surface area contributed by atoms with Gasteiger partial charge in [-0.15, -0.1) is 0 Å². The van der Waals surface area contributed by atoms with E-state index in [2.05, 4.69) is 10.2 Å². The Morgan fingerprint density at radius 3 is 2.90 bits per heavy atom. The van der Waals surface area contributed by atoms with Crippen molar-refractivity contribution in [1.82, 2.24) is 10.2 Å². The molecule has 1 N–H and O–H groups in total. The molecule has 0 fully saturated rings. The first-order valence-electron chi connectivity index (χ1n) is 3.29. The summed E-state index contributed by atoms with van der Waals surface area (Å²) in [5.41, 5.74) is 1.56. The minimum Gasteiger partial charge on any atom is -0.292 e. The minimum atomic E-state index is 0.120. The third kappa shape index (κ3) is 1.07. The van der Waals surface area contributed by atoms with Gasteiger partial charge in [0.15, 0.2) is 5.78 Å². The van der Waals surface area contributed by atoms with Crippen LogP contribution in [0.4, 0.5) is 0 Å². The fraction of sp³-hybridized carbons (Fsp3) is 0.429. The number of rotatable bonds is 2. The van der Waals surface area contributed by atoms with Crippen LogP contribution in [0.2, 0.25) is 0 Å². The van der Waals surface area contributed by atoms with Crippen molar-refractivity contribution in [2.24, 2.45) is 0 Å². The molecule has 1 aromatic heterocycles. The smallest absolute Gasteiger partial charge is 0.180 e. The van der Waals surface area contributed by atoms with Gasteiger partial charge in [-0.3, -0.25) is 9.89 Å². The number of carbonyl (C=O) groups excluding carboxylic acids is 1. The van der Waals surface area contributed by atoms with Gasteiger partial charge in [0, 0.05) is 6.42 Å². The SMILES string of the molecule is CCC(=O)c1[nH]ncc1C. The fourth-order valence-corrected chi connectivity index (χ4v) is 0.805. The van der Waals surface area contributed by atoms with Crippen molar-refractivity contribution in [3.05, 3.63) is 17.5 Å². The maximum atomic E-state index is 11.0. The van der Waals surface area contributed by atoms with Crippen molar-refractivity contribution in [3.63, 3.8) is 0 Å². The Bertz CT molecular complexity index is 240. The molecule has 0 saturated heterocycles. The summed E-state index contributed by atoms with van der Waals surface area (Å²) in [6.07, 6.45) is 2.19. The fourth-order valence-electron chi connectivity index (χ4n) is 0.805. The lowest BCUT2D eigenvalue weighted by Crippen LogP contribution is -1.98. The van der Waals surface area contributed by atoms with E-state index in [1.54, 1.807) is 6.20 Å². The van der Waals surface area contributed by atoms with Crippen molar-refractivity contribution in [2.45, 2.75) is 20.3 Å². The predicted molar refractivity (Wildman–Crippen MR) is 37.9 cm³/mol. The molecule has 3 nitrogen and oxygen atoms in total. The van der Waals surface area contributed by atoms with Crippen LogP contribution in [0.15, 0.2) is 6.20 Å². The van der Waals surface area contributed by atoms with Crippen LogP contribution >= 0.6 is 0 Å². The zero-order chi connectivity index (χ0) is 7.56. The molecule has 0 amide bonds. The predicted octanol–water partition coefficient (Wildman–Crippen LogP) is 1.31. The number of Topliss-reactive ketones (excluding diaryl/α,β-unsaturated/α-hetero) is 1. The first kappa shape index (κ1) is 6.99. The summed E-state index contributed by atoms with van der Waals surface area (Å²) in [5.74, 6) is 0.120. The van der Waals surface area contributed by atoms with Crippen LogP contribution in [-0.2, 0) is 0 Å². The molecule has 0 spiro atoms. The highest BCUT2D eigenvalue weighted by molar-refractivity contribution is 5.95. The van der Waals surface area contributed by atoms with Gasteiger partial charge in [0.25, 0.3) is 0 Å². The van der Waals surface area contributed by atoms with Gasteiger partial charge in [-0.05, 0) is 12.5 Å². The van der Waals surface area contributed by atoms with Crippen LogP contribution in [0.25, 0.3) is 0 Å². The Labute approximate surface area is 59.4 Å². The second-order valence-electron chi connectivity index (χ2n) is 2.20. The van der Waals surface area contributed by atoms with E-state index in [9.17, 15) is 4.79 Å². The molecule has 0 aliphatic carbocycles. The molecular weight excluding hydrogens is 128 g/mol. The lowest BCUT2D eigenvalue weighted by molar-refractivity contribution is 0.0983. The summed E-state index contributed by atoms with van der Waals surface area (Å²) in [4.78, 5) is 11.0. The summed E-state index contributed by atoms with van der Waals surface area (Å²) in [6, 6.07) is 0. The number of carbonyl (C=O) groups is 1. The molecule has 1 aromatic rings. The first-order chi connectivity index (χ1) is 4.75. The number of aromatic nitrogens is 2. The molecule has 0 aromatic carbocycles. The number of nitrogens with zero attached hydrogens (tertiary/aromatic N) is 1. The molecule has 0 radical (unpaired) electrons. The van der Waals surface area contributed by atoms with Crippen molar-refractivity contribution in [2.75, 3.05) is 0 Å². The van der Waals surface area contributed by atoms with Gasteiger partial charge in [0.05, 0.1) is 6.20 Å². The van der Waals surface area contributed by atoms with Crippen LogP contribution in [-0.4, -0.2) is 16.0 Å². The summed E-state index contributed by atoms with van der Waals surface area (Å²) in [7, 11) is 0. The van der Waals surface area contributed by atoms with Crippen LogP contribution in [0.5, 0.6) is 0 Å². The maximum absolute atomic E-state index is 11.0. The molecule has 1 heterocycles. The Kier molecular flexibility index (Phi) is 1.85. The zero-order valence-electron chi connectivity index (χ0n) is 6.14. The molecule has 0 bridgehead atoms. The summed E-state index contributed by atoms with van der Waals surface area (Å²) in [5, 5.41) is 6.40. The molecule has 3 heteroatoms. The van der Waals surface area contributed by atoms with Gasteiger partial charge in [0.1, 0.15) is 5.69 Å². The molecule has 0 atom stereocenters. The quantitative estimate of drug-likeness (QED) is 0.626. The van der Waals surface area contributed by atoms with Crippen molar-refractivity contribution >= 4 is 5.78 Å². The van der Waals surface area contributed by atoms with Gasteiger partial charge in [0.2, 0.25) is 0 Å². The highest BCUT2D eigenvalue weighted by Gasteiger charge is 2.06. The number of H-pyrrole nitrogens is 1. The van der Waals surface area contributed by atoms with Gasteiger partial charge in [-0.1, -0.05) is 6.92 Å². The first-order valence-corrected chi connectivity index (χ1v) is 3.29. The second-order valence-corrected chi connectivity index (χ2v) is 2.20. The number of ketones is 1. The van der Waals surface area contributed by atoms with Crippen LogP contribution < -0.4 is 0 Å². The van der Waals surface area contributed by atoms with Crippen LogP contribution in [0.3, 0.4) is 0 Å². The molecule has 0 aliphatic rings. The Balaban J connectivity index is 2.93.